The van der Waals surface area contributed by atoms with E-state index in [4.69, 9.17) is 0 Å². The Morgan fingerprint density at radius 1 is 0.381 bits per heavy atom. The molecule has 0 radical (unpaired) electrons. The molecule has 0 atom stereocenters. The van der Waals surface area contributed by atoms with Crippen molar-refractivity contribution in [1.82, 2.24) is 4.48 Å². The molecule has 0 N–H and O–H groups in total. The molecule has 0 aliphatic carbocycles. The van der Waals surface area contributed by atoms with Gasteiger partial charge in [0.1, 0.15) is 0 Å². The Kier molecular flexibility index (Phi) is 8.88. The van der Waals surface area contributed by atoms with Gasteiger partial charge < -0.3 is 9.38 Å². The molecule has 0 spiro atoms. The second kappa shape index (κ2) is 13.5. The summed E-state index contributed by atoms with van der Waals surface area (Å²) in [6.45, 7) is 35.1. The summed E-state index contributed by atoms with van der Waals surface area (Å²) in [5, 5.41) is 5.37. The Morgan fingerprint density at radius 3 is 1.52 bits per heavy atom. The highest BCUT2D eigenvalue weighted by molar-refractivity contribution is 6.90. The van der Waals surface area contributed by atoms with Crippen molar-refractivity contribution < 1.29 is 0 Å². The minimum absolute atomic E-state index is 0.0308. The Balaban J connectivity index is 1.41. The smallest absolute Gasteiger partial charge is 0.333 e. The zero-order valence-electron chi connectivity index (χ0n) is 40.5. The van der Waals surface area contributed by atoms with Gasteiger partial charge in [-0.3, -0.25) is 0 Å². The van der Waals surface area contributed by atoms with Crippen LogP contribution < -0.4 is 15.8 Å². The molecule has 8 aromatic rings. The second-order valence-electron chi connectivity index (χ2n) is 24.0. The van der Waals surface area contributed by atoms with Crippen molar-refractivity contribution in [2.24, 2.45) is 0 Å². The fourth-order valence-corrected chi connectivity index (χ4v) is 10.6. The summed E-state index contributed by atoms with van der Waals surface area (Å²) < 4.78 is 2.79. The fourth-order valence-electron chi connectivity index (χ4n) is 10.6. The maximum absolute atomic E-state index is 2.79. The van der Waals surface area contributed by atoms with Gasteiger partial charge in [0, 0.05) is 49.8 Å². The third-order valence-electron chi connectivity index (χ3n) is 14.3. The highest BCUT2D eigenvalue weighted by Crippen LogP contribution is 2.50. The van der Waals surface area contributed by atoms with E-state index in [-0.39, 0.29) is 33.9 Å². The molecule has 7 aromatic carbocycles. The topological polar surface area (TPSA) is 8.17 Å². The molecule has 63 heavy (non-hydrogen) atoms. The summed E-state index contributed by atoms with van der Waals surface area (Å²) >= 11 is 0. The van der Waals surface area contributed by atoms with E-state index in [0.29, 0.717) is 0 Å². The molecule has 0 unspecified atom stereocenters. The van der Waals surface area contributed by atoms with E-state index in [1.54, 1.807) is 0 Å². The standard InChI is InChI=1S/C60H65BN2/c1-56(2,3)38-22-20-36(21-23-38)37-30-45-46-32-41(59(10,11)12)33-47-48-35-49(60(13,14)15)43-18-16-17-19-44(43)54(48)63(55(46)47)61-50-34-40(58(7,8)9)26-29-51(50)62(52(31-37)53(45)61)42-27-24-39(25-28-42)57(4,5)6/h16-35H,1-15H3. The van der Waals surface area contributed by atoms with Gasteiger partial charge in [-0.25, -0.2) is 0 Å². The summed E-state index contributed by atoms with van der Waals surface area (Å²) in [6, 6.07) is 48.1. The number of benzene rings is 7. The number of aromatic nitrogens is 1. The van der Waals surface area contributed by atoms with Gasteiger partial charge in [-0.05, 0) is 136 Å². The van der Waals surface area contributed by atoms with Crippen LogP contribution in [0.5, 0.6) is 0 Å². The fraction of sp³-hybridized carbons (Fsp3) is 0.333. The molecule has 0 fully saturated rings. The van der Waals surface area contributed by atoms with Crippen LogP contribution >= 0.6 is 0 Å². The lowest BCUT2D eigenvalue weighted by Gasteiger charge is -2.42. The van der Waals surface area contributed by atoms with Crippen molar-refractivity contribution >= 4 is 67.4 Å². The number of hydrogen-bond acceptors (Lipinski definition) is 1. The molecule has 0 saturated carbocycles. The van der Waals surface area contributed by atoms with Crippen LogP contribution in [0.3, 0.4) is 0 Å². The third kappa shape index (κ3) is 6.51. The lowest BCUT2D eigenvalue weighted by molar-refractivity contribution is 0.590. The van der Waals surface area contributed by atoms with Crippen molar-refractivity contribution in [3.05, 3.63) is 149 Å². The van der Waals surface area contributed by atoms with Crippen LogP contribution in [0.4, 0.5) is 17.1 Å². The number of nitrogens with zero attached hydrogens (tertiary/aromatic N) is 2. The predicted molar refractivity (Wildman–Crippen MR) is 276 cm³/mol. The molecule has 0 saturated heterocycles. The first kappa shape index (κ1) is 41.5. The minimum atomic E-state index is -0.0603. The zero-order valence-corrected chi connectivity index (χ0v) is 40.5. The molecule has 3 heterocycles. The van der Waals surface area contributed by atoms with Crippen molar-refractivity contribution in [3.8, 4) is 22.3 Å². The normalized spacial score (nSPS) is 14.2. The lowest BCUT2D eigenvalue weighted by Crippen LogP contribution is -2.57. The molecule has 10 rings (SSSR count). The van der Waals surface area contributed by atoms with Gasteiger partial charge in [0.05, 0.1) is 0 Å². The molecule has 3 heteroatoms. The SMILES string of the molecule is CC(C)(C)c1ccc(-c2cc3c4c(c2)N(c2ccc(C(C)(C)C)cc2)c2ccc(C(C)(C)C)cc2B4n2c4c-3cc(C(C)(C)C)cc4c3cc(C(C)(C)C)c4ccccc4c32)cc1. The highest BCUT2D eigenvalue weighted by Gasteiger charge is 2.44. The average Bonchev–Trinajstić information content (AvgIpc) is 3.54. The summed E-state index contributed by atoms with van der Waals surface area (Å²) in [7, 11) is 0. The second-order valence-corrected chi connectivity index (χ2v) is 24.0. The van der Waals surface area contributed by atoms with Gasteiger partial charge in [-0.1, -0.05) is 177 Å². The first-order chi connectivity index (χ1) is 29.4. The van der Waals surface area contributed by atoms with E-state index in [1.165, 1.54) is 111 Å². The van der Waals surface area contributed by atoms with Crippen LogP contribution in [0.2, 0.25) is 0 Å². The van der Waals surface area contributed by atoms with Crippen LogP contribution in [0.15, 0.2) is 121 Å². The van der Waals surface area contributed by atoms with Crippen molar-refractivity contribution in [3.63, 3.8) is 0 Å². The van der Waals surface area contributed by atoms with Gasteiger partial charge in [-0.15, -0.1) is 0 Å². The first-order valence-corrected chi connectivity index (χ1v) is 23.3. The molecule has 2 nitrogen and oxygen atoms in total. The van der Waals surface area contributed by atoms with Crippen LogP contribution in [0.25, 0.3) is 54.8 Å². The summed E-state index contributed by atoms with van der Waals surface area (Å²) in [4.78, 5) is 2.59. The summed E-state index contributed by atoms with van der Waals surface area (Å²) in [5.41, 5.74) is 21.0. The van der Waals surface area contributed by atoms with E-state index >= 15 is 0 Å². The summed E-state index contributed by atoms with van der Waals surface area (Å²) in [5.74, 6) is 0. The number of anilines is 3. The minimum Gasteiger partial charge on any atom is -0.375 e. The molecule has 0 amide bonds. The number of fused-ring (bicyclic) bond motifs is 9. The third-order valence-corrected chi connectivity index (χ3v) is 14.3. The molecular weight excluding hydrogens is 759 g/mol. The highest BCUT2D eigenvalue weighted by atomic mass is 15.2. The van der Waals surface area contributed by atoms with Gasteiger partial charge in [-0.2, -0.15) is 0 Å². The lowest BCUT2D eigenvalue weighted by atomic mass is 9.44. The molecule has 2 aliphatic heterocycles. The molecule has 318 valence electrons. The number of rotatable bonds is 2. The number of hydrogen-bond donors (Lipinski definition) is 0. The Hall–Kier alpha value is -5.54. The van der Waals surface area contributed by atoms with Crippen LogP contribution in [-0.2, 0) is 27.1 Å². The van der Waals surface area contributed by atoms with Crippen molar-refractivity contribution in [2.45, 2.75) is 131 Å². The Morgan fingerprint density at radius 2 is 0.937 bits per heavy atom. The van der Waals surface area contributed by atoms with E-state index in [0.717, 1.165) is 0 Å². The largest absolute Gasteiger partial charge is 0.375 e. The summed E-state index contributed by atoms with van der Waals surface area (Å²) in [6.07, 6.45) is 0. The quantitative estimate of drug-likeness (QED) is 0.158. The van der Waals surface area contributed by atoms with Crippen molar-refractivity contribution in [2.75, 3.05) is 4.90 Å². The van der Waals surface area contributed by atoms with Crippen LogP contribution in [0, 0.1) is 0 Å². The van der Waals surface area contributed by atoms with E-state index in [1.807, 2.05) is 0 Å². The van der Waals surface area contributed by atoms with Crippen molar-refractivity contribution in [1.29, 1.82) is 0 Å². The maximum Gasteiger partial charge on any atom is 0.333 e. The van der Waals surface area contributed by atoms with Gasteiger partial charge in [0.25, 0.3) is 0 Å². The van der Waals surface area contributed by atoms with E-state index in [2.05, 4.69) is 235 Å². The van der Waals surface area contributed by atoms with E-state index in [9.17, 15) is 0 Å². The molecule has 0 bridgehead atoms. The van der Waals surface area contributed by atoms with Gasteiger partial charge in [0.2, 0.25) is 0 Å². The molecule has 1 aromatic heterocycles. The first-order valence-electron chi connectivity index (χ1n) is 23.3. The van der Waals surface area contributed by atoms with Crippen LogP contribution in [0.1, 0.15) is 132 Å². The van der Waals surface area contributed by atoms with Gasteiger partial charge >= 0.3 is 6.85 Å². The molecular formula is C60H65BN2. The Bertz CT molecular complexity index is 3160. The average molecular weight is 825 g/mol. The predicted octanol–water partition coefficient (Wildman–Crippen LogP) is 15.5. The van der Waals surface area contributed by atoms with Crippen LogP contribution in [-0.4, -0.2) is 11.3 Å². The van der Waals surface area contributed by atoms with E-state index < -0.39 is 0 Å². The Labute approximate surface area is 377 Å². The molecule has 2 aliphatic rings. The monoisotopic (exact) mass is 825 g/mol. The van der Waals surface area contributed by atoms with Gasteiger partial charge in [0.15, 0.2) is 0 Å². The zero-order chi connectivity index (χ0) is 44.9. The maximum atomic E-state index is 2.79.